The molecule has 28 heavy (non-hydrogen) atoms. The number of carbonyl (C=O) groups is 1. The maximum atomic E-state index is 12.9. The molecule has 2 N–H and O–H groups in total. The average Bonchev–Trinajstić information content (AvgIpc) is 3.36. The zero-order chi connectivity index (χ0) is 19.7. The molecule has 0 bridgehead atoms. The highest BCUT2D eigenvalue weighted by molar-refractivity contribution is 6.08. The monoisotopic (exact) mass is 378 g/mol. The first kappa shape index (κ1) is 18.3. The minimum absolute atomic E-state index is 0.199. The number of para-hydroxylation sites is 1. The van der Waals surface area contributed by atoms with Crippen molar-refractivity contribution in [2.24, 2.45) is 0 Å². The Morgan fingerprint density at radius 3 is 2.68 bits per heavy atom. The van der Waals surface area contributed by atoms with Crippen molar-refractivity contribution in [3.63, 3.8) is 0 Å². The number of aromatic amines is 1. The van der Waals surface area contributed by atoms with E-state index in [0.29, 0.717) is 17.2 Å². The summed E-state index contributed by atoms with van der Waals surface area (Å²) < 4.78 is 5.32. The van der Waals surface area contributed by atoms with Gasteiger partial charge in [0.1, 0.15) is 11.6 Å². The molecular weight excluding hydrogens is 352 g/mol. The lowest BCUT2D eigenvalue weighted by atomic mass is 10.1. The van der Waals surface area contributed by atoms with E-state index in [1.807, 2.05) is 43.3 Å². The molecule has 0 spiro atoms. The van der Waals surface area contributed by atoms with Crippen LogP contribution in [0.15, 0.2) is 36.4 Å². The number of anilines is 2. The number of aromatic nitrogens is 2. The molecule has 1 fully saturated rings. The van der Waals surface area contributed by atoms with Crippen LogP contribution < -0.4 is 15.0 Å². The number of amides is 1. The number of hydrogen-bond donors (Lipinski definition) is 2. The molecule has 0 unspecified atom stereocenters. The Morgan fingerprint density at radius 2 is 1.96 bits per heavy atom. The number of fused-ring (bicyclic) bond motifs is 1. The van der Waals surface area contributed by atoms with Crippen molar-refractivity contribution < 1.29 is 9.53 Å². The normalized spacial score (nSPS) is 14.4. The smallest absolute Gasteiger partial charge is 0.259 e. The SMILES string of the molecule is COc1ccccc1C(=O)Nc1cc2[nH]c(C3CCCC3)nc2cc1N(C)C. The number of nitrogens with one attached hydrogen (secondary N) is 2. The van der Waals surface area contributed by atoms with Crippen molar-refractivity contribution in [2.75, 3.05) is 31.4 Å². The quantitative estimate of drug-likeness (QED) is 0.683. The molecule has 1 aliphatic carbocycles. The van der Waals surface area contributed by atoms with Crippen LogP contribution in [-0.4, -0.2) is 37.1 Å². The van der Waals surface area contributed by atoms with Gasteiger partial charge >= 0.3 is 0 Å². The molecule has 1 aliphatic rings. The standard InChI is InChI=1S/C22H26N4O2/c1-26(2)19-13-17-16(23-21(24-17)14-8-4-5-9-14)12-18(19)25-22(27)15-10-6-7-11-20(15)28-3/h6-7,10-14H,4-5,8-9H2,1-3H3,(H,23,24)(H,25,27). The average molecular weight is 378 g/mol. The molecule has 146 valence electrons. The van der Waals surface area contributed by atoms with Gasteiger partial charge in [0.15, 0.2) is 0 Å². The van der Waals surface area contributed by atoms with Crippen molar-refractivity contribution in [1.82, 2.24) is 9.97 Å². The number of rotatable bonds is 5. The van der Waals surface area contributed by atoms with E-state index in [2.05, 4.69) is 10.3 Å². The van der Waals surface area contributed by atoms with Gasteiger partial charge in [0, 0.05) is 20.0 Å². The molecule has 1 aromatic heterocycles. The van der Waals surface area contributed by atoms with Gasteiger partial charge in [-0.05, 0) is 37.1 Å². The fourth-order valence-corrected chi connectivity index (χ4v) is 3.95. The molecule has 3 aromatic rings. The van der Waals surface area contributed by atoms with Crippen LogP contribution in [0.25, 0.3) is 11.0 Å². The van der Waals surface area contributed by atoms with Gasteiger partial charge in [-0.3, -0.25) is 4.79 Å². The summed E-state index contributed by atoms with van der Waals surface area (Å²) in [5, 5.41) is 3.05. The molecule has 0 radical (unpaired) electrons. The van der Waals surface area contributed by atoms with Crippen LogP contribution >= 0.6 is 0 Å². The van der Waals surface area contributed by atoms with Crippen molar-refractivity contribution in [3.05, 3.63) is 47.8 Å². The van der Waals surface area contributed by atoms with Crippen LogP contribution in [-0.2, 0) is 0 Å². The zero-order valence-electron chi connectivity index (χ0n) is 16.6. The Bertz CT molecular complexity index is 1000. The number of nitrogens with zero attached hydrogens (tertiary/aromatic N) is 2. The van der Waals surface area contributed by atoms with Crippen molar-refractivity contribution in [1.29, 1.82) is 0 Å². The first-order valence-corrected chi connectivity index (χ1v) is 9.72. The highest BCUT2D eigenvalue weighted by atomic mass is 16.5. The minimum atomic E-state index is -0.199. The fourth-order valence-electron chi connectivity index (χ4n) is 3.95. The highest BCUT2D eigenvalue weighted by Crippen LogP contribution is 2.36. The van der Waals surface area contributed by atoms with E-state index in [4.69, 9.17) is 9.72 Å². The van der Waals surface area contributed by atoms with Gasteiger partial charge in [-0.2, -0.15) is 0 Å². The summed E-state index contributed by atoms with van der Waals surface area (Å²) >= 11 is 0. The van der Waals surface area contributed by atoms with Gasteiger partial charge in [0.2, 0.25) is 0 Å². The van der Waals surface area contributed by atoms with Gasteiger partial charge in [-0.1, -0.05) is 25.0 Å². The first-order valence-electron chi connectivity index (χ1n) is 9.72. The van der Waals surface area contributed by atoms with Crippen molar-refractivity contribution >= 4 is 28.3 Å². The summed E-state index contributed by atoms with van der Waals surface area (Å²) in [6.45, 7) is 0. The van der Waals surface area contributed by atoms with Crippen LogP contribution in [0.5, 0.6) is 5.75 Å². The summed E-state index contributed by atoms with van der Waals surface area (Å²) in [5.74, 6) is 1.93. The summed E-state index contributed by atoms with van der Waals surface area (Å²) in [5.41, 5.74) is 4.05. The summed E-state index contributed by atoms with van der Waals surface area (Å²) in [4.78, 5) is 23.2. The maximum absolute atomic E-state index is 12.9. The predicted molar refractivity (Wildman–Crippen MR) is 113 cm³/mol. The maximum Gasteiger partial charge on any atom is 0.259 e. The Kier molecular flexibility index (Phi) is 4.94. The Hall–Kier alpha value is -3.02. The summed E-state index contributed by atoms with van der Waals surface area (Å²) in [6, 6.07) is 11.2. The number of benzene rings is 2. The van der Waals surface area contributed by atoms with Gasteiger partial charge in [0.25, 0.3) is 5.91 Å². The van der Waals surface area contributed by atoms with Crippen LogP contribution in [0.4, 0.5) is 11.4 Å². The topological polar surface area (TPSA) is 70.2 Å². The summed E-state index contributed by atoms with van der Waals surface area (Å²) in [6.07, 6.45) is 4.92. The Balaban J connectivity index is 1.70. The third kappa shape index (κ3) is 3.42. The van der Waals surface area contributed by atoms with Gasteiger partial charge in [-0.25, -0.2) is 4.98 Å². The lowest BCUT2D eigenvalue weighted by Crippen LogP contribution is -2.17. The molecule has 1 saturated carbocycles. The second-order valence-corrected chi connectivity index (χ2v) is 7.54. The molecule has 6 nitrogen and oxygen atoms in total. The lowest BCUT2D eigenvalue weighted by Gasteiger charge is -2.18. The minimum Gasteiger partial charge on any atom is -0.496 e. The number of imidazole rings is 1. The van der Waals surface area contributed by atoms with E-state index < -0.39 is 0 Å². The van der Waals surface area contributed by atoms with E-state index in [-0.39, 0.29) is 5.91 Å². The Morgan fingerprint density at radius 1 is 1.21 bits per heavy atom. The van der Waals surface area contributed by atoms with E-state index in [1.54, 1.807) is 19.2 Å². The zero-order valence-corrected chi connectivity index (χ0v) is 16.6. The largest absolute Gasteiger partial charge is 0.496 e. The summed E-state index contributed by atoms with van der Waals surface area (Å²) in [7, 11) is 5.49. The predicted octanol–water partition coefficient (Wildman–Crippen LogP) is 4.55. The van der Waals surface area contributed by atoms with E-state index in [1.165, 1.54) is 25.7 Å². The number of ether oxygens (including phenoxy) is 1. The second-order valence-electron chi connectivity index (χ2n) is 7.54. The molecule has 0 saturated heterocycles. The molecule has 6 heteroatoms. The molecule has 1 amide bonds. The number of hydrogen-bond acceptors (Lipinski definition) is 4. The third-order valence-corrected chi connectivity index (χ3v) is 5.44. The number of H-pyrrole nitrogens is 1. The molecule has 4 rings (SSSR count). The molecule has 0 aliphatic heterocycles. The second kappa shape index (κ2) is 7.54. The number of methoxy groups -OCH3 is 1. The number of carbonyl (C=O) groups excluding carboxylic acids is 1. The van der Waals surface area contributed by atoms with Gasteiger partial charge in [0.05, 0.1) is 35.1 Å². The molecule has 2 aromatic carbocycles. The first-order chi connectivity index (χ1) is 13.6. The molecule has 1 heterocycles. The molecular formula is C22H26N4O2. The van der Waals surface area contributed by atoms with Crippen LogP contribution in [0, 0.1) is 0 Å². The van der Waals surface area contributed by atoms with Gasteiger partial charge < -0.3 is 19.9 Å². The van der Waals surface area contributed by atoms with Crippen molar-refractivity contribution in [3.8, 4) is 5.75 Å². The van der Waals surface area contributed by atoms with Crippen LogP contribution in [0.2, 0.25) is 0 Å². The van der Waals surface area contributed by atoms with E-state index in [9.17, 15) is 4.79 Å². The van der Waals surface area contributed by atoms with Gasteiger partial charge in [-0.15, -0.1) is 0 Å². The third-order valence-electron chi connectivity index (χ3n) is 5.44. The van der Waals surface area contributed by atoms with Crippen LogP contribution in [0.3, 0.4) is 0 Å². The Labute approximate surface area is 164 Å². The van der Waals surface area contributed by atoms with Crippen molar-refractivity contribution in [2.45, 2.75) is 31.6 Å². The fraction of sp³-hybridized carbons (Fsp3) is 0.364. The van der Waals surface area contributed by atoms with Crippen LogP contribution in [0.1, 0.15) is 47.8 Å². The molecule has 0 atom stereocenters. The van der Waals surface area contributed by atoms with E-state index in [0.717, 1.165) is 28.2 Å². The highest BCUT2D eigenvalue weighted by Gasteiger charge is 2.21. The lowest BCUT2D eigenvalue weighted by molar-refractivity contribution is 0.102. The van der Waals surface area contributed by atoms with E-state index >= 15 is 0 Å².